The molecule has 0 radical (unpaired) electrons. The average Bonchev–Trinajstić information content (AvgIpc) is 3.16. The van der Waals surface area contributed by atoms with Gasteiger partial charge in [-0.05, 0) is 36.6 Å². The fourth-order valence-corrected chi connectivity index (χ4v) is 3.00. The summed E-state index contributed by atoms with van der Waals surface area (Å²) in [7, 11) is 0. The Hall–Kier alpha value is -2.08. The number of halogens is 1. The molecule has 1 amide bonds. The number of benzene rings is 2. The molecule has 1 aliphatic rings. The monoisotopic (exact) mass is 374 g/mol. The first-order chi connectivity index (χ1) is 12.7. The zero-order chi connectivity index (χ0) is 18.2. The second-order valence-corrected chi connectivity index (χ2v) is 6.59. The third kappa shape index (κ3) is 5.46. The Morgan fingerprint density at radius 2 is 2.00 bits per heavy atom. The summed E-state index contributed by atoms with van der Waals surface area (Å²) < 4.78 is 11.4. The van der Waals surface area contributed by atoms with Crippen LogP contribution in [0.15, 0.2) is 48.5 Å². The lowest BCUT2D eigenvalue weighted by Crippen LogP contribution is -2.28. The number of ether oxygens (including phenoxy) is 2. The van der Waals surface area contributed by atoms with Crippen molar-refractivity contribution in [3.8, 4) is 5.75 Å². The number of rotatable bonds is 8. The van der Waals surface area contributed by atoms with E-state index >= 15 is 0 Å². The van der Waals surface area contributed by atoms with Gasteiger partial charge in [0.05, 0.1) is 18.3 Å². The molecule has 0 aliphatic carbocycles. The maximum Gasteiger partial charge on any atom is 0.238 e. The predicted molar refractivity (Wildman–Crippen MR) is 103 cm³/mol. The second-order valence-electron chi connectivity index (χ2n) is 6.19. The van der Waals surface area contributed by atoms with Crippen LogP contribution in [-0.4, -0.2) is 31.8 Å². The summed E-state index contributed by atoms with van der Waals surface area (Å²) in [5, 5.41) is 6.68. The van der Waals surface area contributed by atoms with Crippen LogP contribution in [0.2, 0.25) is 5.02 Å². The zero-order valence-electron chi connectivity index (χ0n) is 14.5. The maximum absolute atomic E-state index is 12.2. The molecule has 2 N–H and O–H groups in total. The minimum atomic E-state index is -0.134. The molecule has 26 heavy (non-hydrogen) atoms. The summed E-state index contributed by atoms with van der Waals surface area (Å²) in [5.41, 5.74) is 1.62. The fourth-order valence-electron chi connectivity index (χ4n) is 2.80. The predicted octanol–water partition coefficient (Wildman–Crippen LogP) is 3.63. The highest BCUT2D eigenvalue weighted by molar-refractivity contribution is 6.31. The van der Waals surface area contributed by atoms with Crippen molar-refractivity contribution in [1.82, 2.24) is 5.32 Å². The van der Waals surface area contributed by atoms with Crippen molar-refractivity contribution >= 4 is 23.2 Å². The van der Waals surface area contributed by atoms with E-state index in [0.717, 1.165) is 25.0 Å². The molecule has 0 aromatic heterocycles. The molecule has 2 aromatic carbocycles. The number of amides is 1. The van der Waals surface area contributed by atoms with Crippen LogP contribution in [0.3, 0.4) is 0 Å². The quantitative estimate of drug-likeness (QED) is 0.740. The molecule has 1 unspecified atom stereocenters. The summed E-state index contributed by atoms with van der Waals surface area (Å²) in [6.45, 7) is 2.01. The number of carbonyl (C=O) groups is 1. The van der Waals surface area contributed by atoms with Gasteiger partial charge in [0, 0.05) is 18.2 Å². The van der Waals surface area contributed by atoms with Gasteiger partial charge in [0.25, 0.3) is 0 Å². The molecule has 1 heterocycles. The number of hydrogen-bond donors (Lipinski definition) is 2. The van der Waals surface area contributed by atoms with Crippen molar-refractivity contribution in [1.29, 1.82) is 0 Å². The van der Waals surface area contributed by atoms with Gasteiger partial charge in [0.15, 0.2) is 0 Å². The van der Waals surface area contributed by atoms with Crippen LogP contribution in [0.25, 0.3) is 0 Å². The van der Waals surface area contributed by atoms with Gasteiger partial charge in [-0.3, -0.25) is 4.79 Å². The van der Waals surface area contributed by atoms with Crippen molar-refractivity contribution in [2.75, 3.05) is 25.1 Å². The molecular weight excluding hydrogens is 352 g/mol. The Morgan fingerprint density at radius 3 is 2.81 bits per heavy atom. The van der Waals surface area contributed by atoms with E-state index < -0.39 is 0 Å². The number of nitrogens with one attached hydrogen (secondary N) is 2. The molecule has 1 atom stereocenters. The van der Waals surface area contributed by atoms with Crippen LogP contribution in [0.1, 0.15) is 18.4 Å². The van der Waals surface area contributed by atoms with Crippen molar-refractivity contribution < 1.29 is 14.3 Å². The summed E-state index contributed by atoms with van der Waals surface area (Å²) in [6, 6.07) is 15.0. The molecule has 3 rings (SSSR count). The molecule has 1 aliphatic heterocycles. The normalized spacial score (nSPS) is 16.4. The van der Waals surface area contributed by atoms with Gasteiger partial charge in [0.2, 0.25) is 5.91 Å². The number of carbonyl (C=O) groups excluding carboxylic acids is 1. The molecule has 0 bridgehead atoms. The highest BCUT2D eigenvalue weighted by atomic mass is 35.5. The number of para-hydroxylation sites is 2. The summed E-state index contributed by atoms with van der Waals surface area (Å²) >= 11 is 6.11. The van der Waals surface area contributed by atoms with Gasteiger partial charge in [-0.15, -0.1) is 0 Å². The first-order valence-electron chi connectivity index (χ1n) is 8.80. The van der Waals surface area contributed by atoms with Crippen LogP contribution >= 0.6 is 11.6 Å². The van der Waals surface area contributed by atoms with Crippen molar-refractivity contribution in [3.63, 3.8) is 0 Å². The molecule has 2 aromatic rings. The number of hydrogen-bond acceptors (Lipinski definition) is 4. The van der Waals surface area contributed by atoms with Crippen LogP contribution in [0, 0.1) is 0 Å². The first-order valence-corrected chi connectivity index (χ1v) is 9.17. The third-order valence-electron chi connectivity index (χ3n) is 4.17. The first kappa shape index (κ1) is 18.7. The molecule has 0 spiro atoms. The zero-order valence-corrected chi connectivity index (χ0v) is 15.3. The third-order valence-corrected chi connectivity index (χ3v) is 4.54. The van der Waals surface area contributed by atoms with Gasteiger partial charge in [-0.25, -0.2) is 0 Å². The van der Waals surface area contributed by atoms with Crippen molar-refractivity contribution in [3.05, 3.63) is 59.1 Å². The summed E-state index contributed by atoms with van der Waals surface area (Å²) in [4.78, 5) is 12.2. The van der Waals surface area contributed by atoms with E-state index in [1.54, 1.807) is 0 Å². The SMILES string of the molecule is O=C(CNCc1ccccc1Cl)Nc1ccccc1OCC1CCCO1. The molecule has 6 heteroatoms. The fraction of sp³-hybridized carbons (Fsp3) is 0.350. The minimum absolute atomic E-state index is 0.134. The molecule has 0 saturated carbocycles. The highest BCUT2D eigenvalue weighted by Crippen LogP contribution is 2.25. The molecule has 1 fully saturated rings. The van der Waals surface area contributed by atoms with Crippen LogP contribution in [0.5, 0.6) is 5.75 Å². The van der Waals surface area contributed by atoms with Gasteiger partial charge >= 0.3 is 0 Å². The van der Waals surface area contributed by atoms with E-state index in [0.29, 0.717) is 29.6 Å². The van der Waals surface area contributed by atoms with Crippen LogP contribution < -0.4 is 15.4 Å². The van der Waals surface area contributed by atoms with Crippen LogP contribution in [0.4, 0.5) is 5.69 Å². The van der Waals surface area contributed by atoms with Gasteiger partial charge in [-0.2, -0.15) is 0 Å². The maximum atomic E-state index is 12.2. The van der Waals surface area contributed by atoms with Crippen molar-refractivity contribution in [2.45, 2.75) is 25.5 Å². The summed E-state index contributed by atoms with van der Waals surface area (Å²) in [6.07, 6.45) is 2.22. The lowest BCUT2D eigenvalue weighted by Gasteiger charge is -2.15. The van der Waals surface area contributed by atoms with Gasteiger partial charge < -0.3 is 20.1 Å². The average molecular weight is 375 g/mol. The Labute approximate surface area is 158 Å². The molecule has 138 valence electrons. The van der Waals surface area contributed by atoms with Gasteiger partial charge in [-0.1, -0.05) is 41.9 Å². The number of anilines is 1. The Kier molecular flexibility index (Phi) is 6.89. The highest BCUT2D eigenvalue weighted by Gasteiger charge is 2.17. The van der Waals surface area contributed by atoms with E-state index in [1.165, 1.54) is 0 Å². The Morgan fingerprint density at radius 1 is 1.19 bits per heavy atom. The van der Waals surface area contributed by atoms with Crippen LogP contribution in [-0.2, 0) is 16.1 Å². The van der Waals surface area contributed by atoms with E-state index in [4.69, 9.17) is 21.1 Å². The van der Waals surface area contributed by atoms with Gasteiger partial charge in [0.1, 0.15) is 12.4 Å². The summed E-state index contributed by atoms with van der Waals surface area (Å²) in [5.74, 6) is 0.521. The Bertz CT molecular complexity index is 733. The topological polar surface area (TPSA) is 59.6 Å². The van der Waals surface area contributed by atoms with Crippen molar-refractivity contribution in [2.24, 2.45) is 0 Å². The Balaban J connectivity index is 1.48. The smallest absolute Gasteiger partial charge is 0.238 e. The lowest BCUT2D eigenvalue weighted by molar-refractivity contribution is -0.115. The van der Waals surface area contributed by atoms with E-state index in [2.05, 4.69) is 10.6 Å². The van der Waals surface area contributed by atoms with E-state index in [1.807, 2.05) is 48.5 Å². The standard InChI is InChI=1S/C20H23ClN2O3/c21-17-8-2-1-6-15(17)12-22-13-20(24)23-18-9-3-4-10-19(18)26-14-16-7-5-11-25-16/h1-4,6,8-10,16,22H,5,7,11-14H2,(H,23,24). The molecule has 5 nitrogen and oxygen atoms in total. The second kappa shape index (κ2) is 9.57. The largest absolute Gasteiger partial charge is 0.489 e. The van der Waals surface area contributed by atoms with E-state index in [9.17, 15) is 4.79 Å². The minimum Gasteiger partial charge on any atom is -0.489 e. The molecular formula is C20H23ClN2O3. The molecule has 1 saturated heterocycles. The van der Waals surface area contributed by atoms with E-state index in [-0.39, 0.29) is 18.6 Å². The lowest BCUT2D eigenvalue weighted by atomic mass is 10.2.